The Balaban J connectivity index is 1.47. The van der Waals surface area contributed by atoms with E-state index in [1.807, 2.05) is 23.9 Å². The Bertz CT molecular complexity index is 565. The maximum Gasteiger partial charge on any atom is 0.0951 e. The lowest BCUT2D eigenvalue weighted by atomic mass is 9.96. The van der Waals surface area contributed by atoms with Gasteiger partial charge < -0.3 is 9.88 Å². The zero-order chi connectivity index (χ0) is 14.1. The van der Waals surface area contributed by atoms with Crippen molar-refractivity contribution in [2.45, 2.75) is 57.2 Å². The topological polar surface area (TPSA) is 29.9 Å². The molecule has 2 aromatic rings. The van der Waals surface area contributed by atoms with Crippen molar-refractivity contribution in [1.29, 1.82) is 0 Å². The van der Waals surface area contributed by atoms with Crippen molar-refractivity contribution in [3.05, 3.63) is 40.6 Å². The molecule has 0 saturated heterocycles. The molecule has 1 atom stereocenters. The summed E-state index contributed by atoms with van der Waals surface area (Å²) in [5.74, 6) is 0.806. The third-order valence-corrected chi connectivity index (χ3v) is 5.87. The molecule has 2 aromatic heterocycles. The molecular weight excluding hydrogens is 278 g/mol. The maximum absolute atomic E-state index is 4.35. The summed E-state index contributed by atoms with van der Waals surface area (Å²) in [6.45, 7) is 0.940. The van der Waals surface area contributed by atoms with E-state index in [0.29, 0.717) is 6.04 Å². The first-order valence-electron chi connectivity index (χ1n) is 8.19. The minimum Gasteiger partial charge on any atom is -0.330 e. The number of imidazole rings is 1. The zero-order valence-electron chi connectivity index (χ0n) is 12.4. The quantitative estimate of drug-likeness (QED) is 0.862. The Labute approximate surface area is 130 Å². The molecule has 0 aromatic carbocycles. The summed E-state index contributed by atoms with van der Waals surface area (Å²) in [6.07, 6.45) is 12.2. The van der Waals surface area contributed by atoms with E-state index in [-0.39, 0.29) is 0 Å². The van der Waals surface area contributed by atoms with Gasteiger partial charge in [-0.2, -0.15) is 0 Å². The monoisotopic (exact) mass is 301 g/mol. The van der Waals surface area contributed by atoms with Gasteiger partial charge in [-0.3, -0.25) is 0 Å². The second-order valence-electron chi connectivity index (χ2n) is 6.44. The third kappa shape index (κ3) is 2.92. The maximum atomic E-state index is 4.35. The average molecular weight is 301 g/mol. The van der Waals surface area contributed by atoms with E-state index in [1.165, 1.54) is 49.1 Å². The van der Waals surface area contributed by atoms with Crippen LogP contribution in [0.4, 0.5) is 0 Å². The lowest BCUT2D eigenvalue weighted by molar-refractivity contribution is 0.367. The van der Waals surface area contributed by atoms with E-state index in [0.717, 1.165) is 18.5 Å². The molecule has 112 valence electrons. The number of aromatic nitrogens is 2. The third-order valence-electron chi connectivity index (χ3n) is 4.91. The second-order valence-corrected chi connectivity index (χ2v) is 7.42. The summed E-state index contributed by atoms with van der Waals surface area (Å²) in [6, 6.07) is 5.71. The SMILES string of the molecule is c1csc(C(NCc2cncn2C2CC2)C2CCCC2)c1. The van der Waals surface area contributed by atoms with Crippen LogP contribution in [0.5, 0.6) is 0 Å². The molecule has 1 N–H and O–H groups in total. The fraction of sp³-hybridized carbons (Fsp3) is 0.588. The van der Waals surface area contributed by atoms with E-state index in [9.17, 15) is 0 Å². The van der Waals surface area contributed by atoms with Gasteiger partial charge in [0, 0.05) is 29.7 Å². The summed E-state index contributed by atoms with van der Waals surface area (Å²) < 4.78 is 2.37. The first-order valence-corrected chi connectivity index (χ1v) is 9.07. The fourth-order valence-corrected chi connectivity index (χ4v) is 4.52. The molecule has 1 unspecified atom stereocenters. The van der Waals surface area contributed by atoms with E-state index < -0.39 is 0 Å². The van der Waals surface area contributed by atoms with Crippen molar-refractivity contribution < 1.29 is 0 Å². The summed E-state index contributed by atoms with van der Waals surface area (Å²) in [7, 11) is 0. The van der Waals surface area contributed by atoms with Crippen LogP contribution in [0.25, 0.3) is 0 Å². The smallest absolute Gasteiger partial charge is 0.0951 e. The highest BCUT2D eigenvalue weighted by atomic mass is 32.1. The molecule has 2 aliphatic carbocycles. The van der Waals surface area contributed by atoms with Crippen molar-refractivity contribution >= 4 is 11.3 Å². The van der Waals surface area contributed by atoms with Crippen LogP contribution >= 0.6 is 11.3 Å². The van der Waals surface area contributed by atoms with Crippen LogP contribution in [0.2, 0.25) is 0 Å². The molecular formula is C17H23N3S. The Hall–Kier alpha value is -1.13. The molecule has 21 heavy (non-hydrogen) atoms. The van der Waals surface area contributed by atoms with Crippen LogP contribution in [0.3, 0.4) is 0 Å². The molecule has 0 bridgehead atoms. The van der Waals surface area contributed by atoms with Crippen molar-refractivity contribution in [2.75, 3.05) is 0 Å². The van der Waals surface area contributed by atoms with Crippen LogP contribution < -0.4 is 5.32 Å². The van der Waals surface area contributed by atoms with Gasteiger partial charge in [0.1, 0.15) is 0 Å². The van der Waals surface area contributed by atoms with Crippen LogP contribution in [0, 0.1) is 5.92 Å². The predicted molar refractivity (Wildman–Crippen MR) is 86.4 cm³/mol. The van der Waals surface area contributed by atoms with Gasteiger partial charge in [0.25, 0.3) is 0 Å². The molecule has 2 aliphatic rings. The van der Waals surface area contributed by atoms with Gasteiger partial charge in [-0.15, -0.1) is 11.3 Å². The van der Waals surface area contributed by atoms with Gasteiger partial charge in [0.2, 0.25) is 0 Å². The van der Waals surface area contributed by atoms with E-state index >= 15 is 0 Å². The standard InChI is InChI=1S/C17H23N3S/c1-2-5-13(4-1)17(16-6-3-9-21-16)19-11-15-10-18-12-20(15)14-7-8-14/h3,6,9-10,12-14,17,19H,1-2,4-5,7-8,11H2. The van der Waals surface area contributed by atoms with Gasteiger partial charge in [-0.05, 0) is 43.0 Å². The normalized spacial score (nSPS) is 21.0. The highest BCUT2D eigenvalue weighted by molar-refractivity contribution is 7.10. The van der Waals surface area contributed by atoms with E-state index in [1.54, 1.807) is 0 Å². The van der Waals surface area contributed by atoms with Crippen LogP contribution in [-0.4, -0.2) is 9.55 Å². The number of thiophene rings is 1. The Morgan fingerprint density at radius 1 is 1.29 bits per heavy atom. The molecule has 2 heterocycles. The summed E-state index contributed by atoms with van der Waals surface area (Å²) in [5, 5.41) is 6.04. The fourth-order valence-electron chi connectivity index (χ4n) is 3.62. The van der Waals surface area contributed by atoms with Gasteiger partial charge in [0.15, 0.2) is 0 Å². The minimum atomic E-state index is 0.523. The highest BCUT2D eigenvalue weighted by Crippen LogP contribution is 2.38. The van der Waals surface area contributed by atoms with Gasteiger partial charge >= 0.3 is 0 Å². The van der Waals surface area contributed by atoms with Crippen molar-refractivity contribution in [2.24, 2.45) is 5.92 Å². The highest BCUT2D eigenvalue weighted by Gasteiger charge is 2.28. The molecule has 2 saturated carbocycles. The Morgan fingerprint density at radius 2 is 2.14 bits per heavy atom. The molecule has 4 rings (SSSR count). The average Bonchev–Trinajstić information content (AvgIpc) is 2.97. The zero-order valence-corrected chi connectivity index (χ0v) is 13.2. The molecule has 2 fully saturated rings. The van der Waals surface area contributed by atoms with Crippen LogP contribution in [0.1, 0.15) is 61.2 Å². The predicted octanol–water partition coefficient (Wildman–Crippen LogP) is 4.30. The van der Waals surface area contributed by atoms with Gasteiger partial charge in [-0.1, -0.05) is 18.9 Å². The number of nitrogens with one attached hydrogen (secondary N) is 1. The van der Waals surface area contributed by atoms with Gasteiger partial charge in [-0.25, -0.2) is 4.98 Å². The second kappa shape index (κ2) is 5.93. The van der Waals surface area contributed by atoms with Crippen LogP contribution in [0.15, 0.2) is 30.0 Å². The Kier molecular flexibility index (Phi) is 3.82. The first kappa shape index (κ1) is 13.5. The summed E-state index contributed by atoms with van der Waals surface area (Å²) in [5.41, 5.74) is 1.34. The number of hydrogen-bond acceptors (Lipinski definition) is 3. The molecule has 3 nitrogen and oxygen atoms in total. The van der Waals surface area contributed by atoms with E-state index in [4.69, 9.17) is 0 Å². The molecule has 0 amide bonds. The number of hydrogen-bond donors (Lipinski definition) is 1. The molecule has 4 heteroatoms. The van der Waals surface area contributed by atoms with Gasteiger partial charge in [0.05, 0.1) is 12.0 Å². The number of nitrogens with zero attached hydrogens (tertiary/aromatic N) is 2. The Morgan fingerprint density at radius 3 is 2.86 bits per heavy atom. The largest absolute Gasteiger partial charge is 0.330 e. The molecule has 0 spiro atoms. The lowest BCUT2D eigenvalue weighted by Crippen LogP contribution is -2.27. The summed E-state index contributed by atoms with van der Waals surface area (Å²) in [4.78, 5) is 5.85. The van der Waals surface area contributed by atoms with Crippen LogP contribution in [-0.2, 0) is 6.54 Å². The molecule has 0 aliphatic heterocycles. The number of rotatable bonds is 6. The lowest BCUT2D eigenvalue weighted by Gasteiger charge is -2.24. The first-order chi connectivity index (χ1) is 10.4. The molecule has 0 radical (unpaired) electrons. The van der Waals surface area contributed by atoms with Crippen molar-refractivity contribution in [3.8, 4) is 0 Å². The van der Waals surface area contributed by atoms with Crippen molar-refractivity contribution in [1.82, 2.24) is 14.9 Å². The summed E-state index contributed by atoms with van der Waals surface area (Å²) >= 11 is 1.89. The minimum absolute atomic E-state index is 0.523. The van der Waals surface area contributed by atoms with E-state index in [2.05, 4.69) is 32.4 Å². The van der Waals surface area contributed by atoms with Crippen molar-refractivity contribution in [3.63, 3.8) is 0 Å².